The second kappa shape index (κ2) is 9.45. The number of benzene rings is 2. The van der Waals surface area contributed by atoms with Gasteiger partial charge in [-0.05, 0) is 50.4 Å². The van der Waals surface area contributed by atoms with Crippen molar-refractivity contribution >= 4 is 22.8 Å². The third kappa shape index (κ3) is 4.70. The third-order valence-corrected chi connectivity index (χ3v) is 6.61. The fraction of sp³-hybridized carbons (Fsp3) is 0.308. The minimum Gasteiger partial charge on any atom is -0.491 e. The maximum absolute atomic E-state index is 6.49. The normalized spacial score (nSPS) is 20.3. The molecular weight excluding hydrogens is 434 g/mol. The van der Waals surface area contributed by atoms with E-state index >= 15 is 0 Å². The molecule has 2 aromatic carbocycles. The van der Waals surface area contributed by atoms with Crippen molar-refractivity contribution in [3.63, 3.8) is 0 Å². The second-order valence-corrected chi connectivity index (χ2v) is 9.10. The molecule has 2 aromatic heterocycles. The maximum atomic E-state index is 6.49. The van der Waals surface area contributed by atoms with Crippen molar-refractivity contribution in [2.45, 2.75) is 43.7 Å². The zero-order valence-corrected chi connectivity index (χ0v) is 19.8. The van der Waals surface area contributed by atoms with Gasteiger partial charge in [0.05, 0.1) is 5.39 Å². The van der Waals surface area contributed by atoms with E-state index in [1.807, 2.05) is 48.9 Å². The summed E-state index contributed by atoms with van der Waals surface area (Å²) >= 11 is 1.61. The summed E-state index contributed by atoms with van der Waals surface area (Å²) < 4.78 is 21.0. The molecule has 1 fully saturated rings. The maximum Gasteiger partial charge on any atom is 0.146 e. The minimum absolute atomic E-state index is 0.150. The van der Waals surface area contributed by atoms with Crippen LogP contribution in [0, 0.1) is 13.8 Å². The first-order valence-corrected chi connectivity index (χ1v) is 12.3. The molecule has 0 saturated carbocycles. The number of fused-ring (bicyclic) bond motifs is 1. The van der Waals surface area contributed by atoms with Crippen LogP contribution >= 0.6 is 11.8 Å². The fourth-order valence-corrected chi connectivity index (χ4v) is 4.62. The third-order valence-electron chi connectivity index (χ3n) is 5.90. The van der Waals surface area contributed by atoms with Crippen LogP contribution in [0.2, 0.25) is 0 Å². The predicted molar refractivity (Wildman–Crippen MR) is 130 cm³/mol. The average Bonchev–Trinajstić information content (AvgIpc) is 3.44. The van der Waals surface area contributed by atoms with Gasteiger partial charge in [-0.1, -0.05) is 35.4 Å². The molecule has 33 heavy (non-hydrogen) atoms. The molecule has 0 aliphatic carbocycles. The van der Waals surface area contributed by atoms with Gasteiger partial charge in [0.1, 0.15) is 53.5 Å². The summed E-state index contributed by atoms with van der Waals surface area (Å²) in [5.41, 5.74) is 3.27. The van der Waals surface area contributed by atoms with Gasteiger partial charge < -0.3 is 18.8 Å². The van der Waals surface area contributed by atoms with Crippen molar-refractivity contribution in [1.29, 1.82) is 0 Å². The lowest BCUT2D eigenvalue weighted by Gasteiger charge is -2.20. The van der Waals surface area contributed by atoms with Crippen LogP contribution in [-0.2, 0) is 4.74 Å². The SMILES string of the molecule is CSc1ncnc2c1ccn2[C@H]1C[C@H](Oc2ccc(C)cc2)[C@@H](COc2ccc(C)cc2)O1. The van der Waals surface area contributed by atoms with E-state index in [1.54, 1.807) is 18.1 Å². The van der Waals surface area contributed by atoms with Crippen LogP contribution in [-0.4, -0.2) is 39.6 Å². The smallest absolute Gasteiger partial charge is 0.146 e. The van der Waals surface area contributed by atoms with Gasteiger partial charge >= 0.3 is 0 Å². The van der Waals surface area contributed by atoms with Gasteiger partial charge in [0.25, 0.3) is 0 Å². The Morgan fingerprint density at radius 1 is 0.970 bits per heavy atom. The van der Waals surface area contributed by atoms with Gasteiger partial charge in [-0.3, -0.25) is 0 Å². The largest absolute Gasteiger partial charge is 0.491 e. The van der Waals surface area contributed by atoms with E-state index in [1.165, 1.54) is 11.1 Å². The van der Waals surface area contributed by atoms with E-state index in [9.17, 15) is 0 Å². The Bertz CT molecular complexity index is 1220. The van der Waals surface area contributed by atoms with Crippen molar-refractivity contribution in [2.75, 3.05) is 12.9 Å². The van der Waals surface area contributed by atoms with E-state index in [4.69, 9.17) is 14.2 Å². The summed E-state index contributed by atoms with van der Waals surface area (Å²) in [5, 5.41) is 1.99. The number of hydrogen-bond acceptors (Lipinski definition) is 6. The lowest BCUT2D eigenvalue weighted by atomic mass is 10.1. The van der Waals surface area contributed by atoms with Crippen LogP contribution in [0.1, 0.15) is 23.8 Å². The molecule has 5 rings (SSSR count). The Morgan fingerprint density at radius 2 is 1.67 bits per heavy atom. The molecule has 3 heterocycles. The van der Waals surface area contributed by atoms with Gasteiger partial charge in [-0.15, -0.1) is 11.8 Å². The molecule has 0 N–H and O–H groups in total. The van der Waals surface area contributed by atoms with Crippen LogP contribution in [0.25, 0.3) is 11.0 Å². The topological polar surface area (TPSA) is 58.4 Å². The molecule has 0 amide bonds. The van der Waals surface area contributed by atoms with E-state index in [0.29, 0.717) is 13.0 Å². The molecule has 1 saturated heterocycles. The highest BCUT2D eigenvalue weighted by Gasteiger charge is 2.39. The van der Waals surface area contributed by atoms with E-state index < -0.39 is 0 Å². The summed E-state index contributed by atoms with van der Waals surface area (Å²) in [4.78, 5) is 8.91. The van der Waals surface area contributed by atoms with Crippen LogP contribution in [0.5, 0.6) is 11.5 Å². The molecule has 6 nitrogen and oxygen atoms in total. The number of aryl methyl sites for hydroxylation is 2. The Labute approximate surface area is 197 Å². The molecule has 3 atom stereocenters. The highest BCUT2D eigenvalue weighted by molar-refractivity contribution is 7.98. The molecular formula is C26H27N3O3S. The summed E-state index contributed by atoms with van der Waals surface area (Å²) in [5.74, 6) is 1.66. The fourth-order valence-electron chi connectivity index (χ4n) is 4.09. The Hall–Kier alpha value is -3.03. The Morgan fingerprint density at radius 3 is 2.36 bits per heavy atom. The van der Waals surface area contributed by atoms with Crippen LogP contribution in [0.4, 0.5) is 0 Å². The summed E-state index contributed by atoms with van der Waals surface area (Å²) in [6.07, 6.45) is 5.77. The minimum atomic E-state index is -0.225. The van der Waals surface area contributed by atoms with E-state index in [0.717, 1.165) is 27.6 Å². The lowest BCUT2D eigenvalue weighted by Crippen LogP contribution is -2.32. The molecule has 0 unspecified atom stereocenters. The molecule has 0 bridgehead atoms. The average molecular weight is 462 g/mol. The molecule has 0 spiro atoms. The standard InChI is InChI=1S/C26H27N3O3S/c1-17-4-8-19(9-5-17)30-15-23-22(31-20-10-6-18(2)7-11-20)14-24(32-23)29-13-12-21-25(29)27-16-28-26(21)33-3/h4-13,16,22-24H,14-15H2,1-3H3/t22-,23+,24+/m0/s1. The van der Waals surface area contributed by atoms with Crippen molar-refractivity contribution < 1.29 is 14.2 Å². The first kappa shape index (κ1) is 21.8. The van der Waals surface area contributed by atoms with Crippen molar-refractivity contribution in [2.24, 2.45) is 0 Å². The van der Waals surface area contributed by atoms with E-state index in [-0.39, 0.29) is 18.4 Å². The quantitative estimate of drug-likeness (QED) is 0.264. The second-order valence-electron chi connectivity index (χ2n) is 8.30. The predicted octanol–water partition coefficient (Wildman–Crippen LogP) is 5.58. The number of aromatic nitrogens is 3. The molecule has 1 aliphatic rings. The zero-order chi connectivity index (χ0) is 22.8. The molecule has 7 heteroatoms. The molecule has 170 valence electrons. The van der Waals surface area contributed by atoms with Crippen LogP contribution in [0.15, 0.2) is 72.1 Å². The van der Waals surface area contributed by atoms with Gasteiger partial charge in [0.15, 0.2) is 0 Å². The first-order chi connectivity index (χ1) is 16.1. The summed E-state index contributed by atoms with van der Waals surface area (Å²) in [7, 11) is 0. The number of nitrogens with zero attached hydrogens (tertiary/aromatic N) is 3. The Balaban J connectivity index is 1.38. The summed E-state index contributed by atoms with van der Waals surface area (Å²) in [6, 6.07) is 18.2. The van der Waals surface area contributed by atoms with Gasteiger partial charge in [0.2, 0.25) is 0 Å². The Kier molecular flexibility index (Phi) is 6.24. The van der Waals surface area contributed by atoms with Crippen molar-refractivity contribution in [1.82, 2.24) is 14.5 Å². The van der Waals surface area contributed by atoms with Crippen molar-refractivity contribution in [3.8, 4) is 11.5 Å². The highest BCUT2D eigenvalue weighted by Crippen LogP contribution is 2.35. The first-order valence-electron chi connectivity index (χ1n) is 11.0. The number of thioether (sulfide) groups is 1. The van der Waals surface area contributed by atoms with Crippen LogP contribution in [0.3, 0.4) is 0 Å². The van der Waals surface area contributed by atoms with Gasteiger partial charge in [-0.25, -0.2) is 9.97 Å². The monoisotopic (exact) mass is 461 g/mol. The highest BCUT2D eigenvalue weighted by atomic mass is 32.2. The zero-order valence-electron chi connectivity index (χ0n) is 19.0. The molecule has 1 aliphatic heterocycles. The molecule has 4 aromatic rings. The summed E-state index contributed by atoms with van der Waals surface area (Å²) in [6.45, 7) is 4.53. The number of hydrogen-bond donors (Lipinski definition) is 0. The van der Waals surface area contributed by atoms with Gasteiger partial charge in [0, 0.05) is 12.6 Å². The van der Waals surface area contributed by atoms with Crippen LogP contribution < -0.4 is 9.47 Å². The lowest BCUT2D eigenvalue weighted by molar-refractivity contribution is -0.0339. The number of ether oxygens (including phenoxy) is 3. The molecule has 0 radical (unpaired) electrons. The van der Waals surface area contributed by atoms with Crippen molar-refractivity contribution in [3.05, 3.63) is 78.2 Å². The van der Waals surface area contributed by atoms with Gasteiger partial charge in [-0.2, -0.15) is 0 Å². The van der Waals surface area contributed by atoms with E-state index in [2.05, 4.69) is 46.6 Å². The number of rotatable bonds is 7.